The predicted octanol–water partition coefficient (Wildman–Crippen LogP) is 2.42. The number of carbonyl (C=O) groups excluding carboxylic acids is 2. The van der Waals surface area contributed by atoms with E-state index in [1.807, 2.05) is 0 Å². The summed E-state index contributed by atoms with van der Waals surface area (Å²) in [5.74, 6) is -1.41. The van der Waals surface area contributed by atoms with Crippen LogP contribution in [-0.2, 0) is 14.2 Å². The first kappa shape index (κ1) is 18.1. The molecule has 0 spiro atoms. The number of hydrogen-bond donors (Lipinski definition) is 1. The molecular formula is C20H20O6. The summed E-state index contributed by atoms with van der Waals surface area (Å²) in [4.78, 5) is 24.7. The van der Waals surface area contributed by atoms with E-state index in [0.29, 0.717) is 11.1 Å². The lowest BCUT2D eigenvalue weighted by atomic mass is 9.97. The van der Waals surface area contributed by atoms with Gasteiger partial charge in [-0.25, -0.2) is 9.59 Å². The first-order chi connectivity index (χ1) is 12.6. The van der Waals surface area contributed by atoms with Crippen LogP contribution in [0, 0.1) is 5.92 Å². The molecule has 2 aromatic rings. The van der Waals surface area contributed by atoms with Crippen LogP contribution in [0.25, 0.3) is 0 Å². The van der Waals surface area contributed by atoms with E-state index in [4.69, 9.17) is 14.2 Å². The third-order valence-corrected chi connectivity index (χ3v) is 4.20. The minimum Gasteiger partial charge on any atom is -0.454 e. The summed E-state index contributed by atoms with van der Waals surface area (Å²) in [5, 5.41) is 10.1. The van der Waals surface area contributed by atoms with Crippen LogP contribution in [0.15, 0.2) is 60.7 Å². The highest BCUT2D eigenvalue weighted by molar-refractivity contribution is 5.90. The van der Waals surface area contributed by atoms with Gasteiger partial charge < -0.3 is 19.3 Å². The van der Waals surface area contributed by atoms with Crippen LogP contribution in [0.5, 0.6) is 0 Å². The minimum atomic E-state index is -1.37. The molecule has 0 unspecified atom stereocenters. The average molecular weight is 356 g/mol. The first-order valence-electron chi connectivity index (χ1n) is 8.38. The second-order valence-electron chi connectivity index (χ2n) is 6.17. The maximum atomic E-state index is 12.4. The Bertz CT molecular complexity index is 680. The van der Waals surface area contributed by atoms with Gasteiger partial charge in [-0.15, -0.1) is 0 Å². The fourth-order valence-corrected chi connectivity index (χ4v) is 2.77. The molecule has 26 heavy (non-hydrogen) atoms. The van der Waals surface area contributed by atoms with E-state index in [1.165, 1.54) is 0 Å². The lowest BCUT2D eigenvalue weighted by Crippen LogP contribution is -2.53. The van der Waals surface area contributed by atoms with Crippen LogP contribution in [0.3, 0.4) is 0 Å². The van der Waals surface area contributed by atoms with E-state index in [2.05, 4.69) is 0 Å². The van der Waals surface area contributed by atoms with Crippen molar-refractivity contribution in [1.82, 2.24) is 0 Å². The van der Waals surface area contributed by atoms with Crippen LogP contribution in [-0.4, -0.2) is 42.1 Å². The highest BCUT2D eigenvalue weighted by Gasteiger charge is 2.43. The Balaban J connectivity index is 1.76. The number of benzene rings is 2. The molecule has 0 radical (unpaired) electrons. The van der Waals surface area contributed by atoms with E-state index < -0.39 is 30.4 Å². The largest absolute Gasteiger partial charge is 0.454 e. The molecule has 6 heteroatoms. The molecule has 1 saturated heterocycles. The van der Waals surface area contributed by atoms with E-state index >= 15 is 0 Å². The van der Waals surface area contributed by atoms with Crippen molar-refractivity contribution in [2.45, 2.75) is 25.4 Å². The molecule has 2 aromatic carbocycles. The van der Waals surface area contributed by atoms with Crippen LogP contribution in [0.1, 0.15) is 27.6 Å². The van der Waals surface area contributed by atoms with Gasteiger partial charge in [0.05, 0.1) is 17.7 Å². The van der Waals surface area contributed by atoms with Gasteiger partial charge in [-0.3, -0.25) is 0 Å². The minimum absolute atomic E-state index is 0.188. The molecule has 3 rings (SSSR count). The second kappa shape index (κ2) is 8.12. The molecule has 6 nitrogen and oxygen atoms in total. The zero-order valence-corrected chi connectivity index (χ0v) is 14.3. The Morgan fingerprint density at radius 3 is 1.85 bits per heavy atom. The van der Waals surface area contributed by atoms with Crippen LogP contribution in [0.4, 0.5) is 0 Å². The number of esters is 2. The van der Waals surface area contributed by atoms with Gasteiger partial charge in [-0.2, -0.15) is 0 Å². The highest BCUT2D eigenvalue weighted by atomic mass is 16.7. The molecule has 0 aliphatic carbocycles. The van der Waals surface area contributed by atoms with Gasteiger partial charge in [0.15, 0.2) is 12.4 Å². The standard InChI is InChI=1S/C20H20O6/c1-13-12-24-20(23)17(26-19(22)15-10-6-3-7-11-15)16(13)25-18(21)14-8-4-2-5-9-14/h2-11,13,16-17,20,23H,12H2,1H3/t13-,16+,17-,20-/m1/s1. The smallest absolute Gasteiger partial charge is 0.338 e. The molecule has 136 valence electrons. The number of rotatable bonds is 4. The fourth-order valence-electron chi connectivity index (χ4n) is 2.77. The number of aliphatic hydroxyl groups excluding tert-OH is 1. The average Bonchev–Trinajstić information content (AvgIpc) is 2.68. The van der Waals surface area contributed by atoms with Crippen LogP contribution < -0.4 is 0 Å². The molecule has 1 aliphatic heterocycles. The van der Waals surface area contributed by atoms with Crippen molar-refractivity contribution in [2.75, 3.05) is 6.61 Å². The first-order valence-corrected chi connectivity index (χ1v) is 8.38. The van der Waals surface area contributed by atoms with Gasteiger partial charge in [0.1, 0.15) is 6.10 Å². The zero-order chi connectivity index (χ0) is 18.5. The van der Waals surface area contributed by atoms with E-state index in [-0.39, 0.29) is 12.5 Å². The van der Waals surface area contributed by atoms with Crippen molar-refractivity contribution in [3.63, 3.8) is 0 Å². The molecular weight excluding hydrogens is 336 g/mol. The van der Waals surface area contributed by atoms with Crippen molar-refractivity contribution in [3.05, 3.63) is 71.8 Å². The fraction of sp³-hybridized carbons (Fsp3) is 0.300. The number of hydrogen-bond acceptors (Lipinski definition) is 6. The van der Waals surface area contributed by atoms with E-state index in [9.17, 15) is 14.7 Å². The Morgan fingerprint density at radius 1 is 0.885 bits per heavy atom. The summed E-state index contributed by atoms with van der Waals surface area (Å²) in [5.41, 5.74) is 0.722. The van der Waals surface area contributed by atoms with Gasteiger partial charge in [0, 0.05) is 5.92 Å². The summed E-state index contributed by atoms with van der Waals surface area (Å²) in [6, 6.07) is 16.9. The lowest BCUT2D eigenvalue weighted by Gasteiger charge is -2.38. The number of carbonyl (C=O) groups is 2. The summed E-state index contributed by atoms with van der Waals surface area (Å²) in [6.07, 6.45) is -3.30. The Hall–Kier alpha value is -2.70. The van der Waals surface area contributed by atoms with Crippen molar-refractivity contribution >= 4 is 11.9 Å². The van der Waals surface area contributed by atoms with Crippen LogP contribution >= 0.6 is 0 Å². The molecule has 0 aromatic heterocycles. The number of ether oxygens (including phenoxy) is 3. The SMILES string of the molecule is C[C@@H]1CO[C@@H](O)[C@H](OC(=O)c2ccccc2)[C@H]1OC(=O)c1ccccc1. The van der Waals surface area contributed by atoms with Crippen molar-refractivity contribution in [3.8, 4) is 0 Å². The van der Waals surface area contributed by atoms with E-state index in [0.717, 1.165) is 0 Å². The Kier molecular flexibility index (Phi) is 5.65. The monoisotopic (exact) mass is 356 g/mol. The maximum absolute atomic E-state index is 12.4. The molecule has 1 heterocycles. The van der Waals surface area contributed by atoms with Gasteiger partial charge in [-0.1, -0.05) is 43.3 Å². The van der Waals surface area contributed by atoms with Gasteiger partial charge in [0.2, 0.25) is 0 Å². The van der Waals surface area contributed by atoms with Crippen LogP contribution in [0.2, 0.25) is 0 Å². The van der Waals surface area contributed by atoms with E-state index in [1.54, 1.807) is 67.6 Å². The third kappa shape index (κ3) is 4.09. The molecule has 0 bridgehead atoms. The summed E-state index contributed by atoms with van der Waals surface area (Å²) in [6.45, 7) is 1.99. The normalized spacial score (nSPS) is 25.3. The zero-order valence-electron chi connectivity index (χ0n) is 14.3. The Labute approximate surface area is 151 Å². The maximum Gasteiger partial charge on any atom is 0.338 e. The van der Waals surface area contributed by atoms with Gasteiger partial charge >= 0.3 is 11.9 Å². The molecule has 0 amide bonds. The third-order valence-electron chi connectivity index (χ3n) is 4.20. The molecule has 1 aliphatic rings. The van der Waals surface area contributed by atoms with Crippen molar-refractivity contribution in [2.24, 2.45) is 5.92 Å². The molecule has 0 saturated carbocycles. The quantitative estimate of drug-likeness (QED) is 0.848. The molecule has 1 fully saturated rings. The molecule has 4 atom stereocenters. The summed E-state index contributed by atoms with van der Waals surface area (Å²) < 4.78 is 16.2. The highest BCUT2D eigenvalue weighted by Crippen LogP contribution is 2.26. The van der Waals surface area contributed by atoms with Crippen molar-refractivity contribution in [1.29, 1.82) is 0 Å². The van der Waals surface area contributed by atoms with Gasteiger partial charge in [0.25, 0.3) is 0 Å². The van der Waals surface area contributed by atoms with Crippen molar-refractivity contribution < 1.29 is 28.9 Å². The second-order valence-corrected chi connectivity index (χ2v) is 6.17. The lowest BCUT2D eigenvalue weighted by molar-refractivity contribution is -0.236. The summed E-state index contributed by atoms with van der Waals surface area (Å²) in [7, 11) is 0. The topological polar surface area (TPSA) is 82.1 Å². The number of aliphatic hydroxyl groups is 1. The predicted molar refractivity (Wildman–Crippen MR) is 92.4 cm³/mol. The summed E-state index contributed by atoms with van der Waals surface area (Å²) >= 11 is 0. The Morgan fingerprint density at radius 2 is 1.35 bits per heavy atom. The molecule has 1 N–H and O–H groups in total. The van der Waals surface area contributed by atoms with Gasteiger partial charge in [-0.05, 0) is 24.3 Å².